The summed E-state index contributed by atoms with van der Waals surface area (Å²) in [4.78, 5) is 50.6. The highest BCUT2D eigenvalue weighted by molar-refractivity contribution is 5.95. The van der Waals surface area contributed by atoms with Crippen molar-refractivity contribution < 1.29 is 56.4 Å². The van der Waals surface area contributed by atoms with E-state index in [1.165, 1.54) is 30.3 Å². The summed E-state index contributed by atoms with van der Waals surface area (Å²) in [5.74, 6) is -4.30. The first-order chi connectivity index (χ1) is 24.5. The van der Waals surface area contributed by atoms with Crippen LogP contribution in [0.3, 0.4) is 0 Å². The van der Waals surface area contributed by atoms with Gasteiger partial charge in [0.1, 0.15) is 18.3 Å². The van der Waals surface area contributed by atoms with E-state index in [1.54, 1.807) is 6.08 Å². The normalized spacial score (nSPS) is 19.5. The minimum absolute atomic E-state index is 0.00533. The molecule has 14 heteroatoms. The Kier molecular flexibility index (Phi) is 12.0. The van der Waals surface area contributed by atoms with Crippen LogP contribution in [-0.4, -0.2) is 79.7 Å². The van der Waals surface area contributed by atoms with Crippen LogP contribution in [0, 0.1) is 0 Å². The Morgan fingerprint density at radius 3 is 2.24 bits per heavy atom. The highest BCUT2D eigenvalue weighted by Crippen LogP contribution is 2.47. The molecule has 11 nitrogen and oxygen atoms in total. The van der Waals surface area contributed by atoms with E-state index >= 15 is 0 Å². The Hall–Kier alpha value is -5.31. The standard InChI is InChI=1S/C37H35F3N2O9/c38-36(39,40)23-48-32(45)15-14-24-8-7-9-25(20-24)35(47)49-29-21-26(34(46)42-17-16-31(44)41-18-19-43)22-30-33(29)51-37(50-30,27-10-3-1-4-11-27)28-12-5-2-6-13-28/h1-15,20,22,29-30,33,43H,16-19,21,23H2,(H,41,44)(H,42,46)/t29-,30-,33+/m1/s1. The van der Waals surface area contributed by atoms with Crippen LogP contribution < -0.4 is 10.6 Å². The minimum Gasteiger partial charge on any atom is -0.456 e. The van der Waals surface area contributed by atoms with Gasteiger partial charge in [-0.15, -0.1) is 0 Å². The largest absolute Gasteiger partial charge is 0.456 e. The van der Waals surface area contributed by atoms with Gasteiger partial charge in [-0.25, -0.2) is 9.59 Å². The van der Waals surface area contributed by atoms with E-state index in [1.807, 2.05) is 60.7 Å². The second kappa shape index (κ2) is 16.6. The van der Waals surface area contributed by atoms with Crippen LogP contribution in [-0.2, 0) is 39.1 Å². The molecule has 1 fully saturated rings. The molecule has 2 amide bonds. The van der Waals surface area contributed by atoms with Gasteiger partial charge >= 0.3 is 18.1 Å². The van der Waals surface area contributed by atoms with Crippen molar-refractivity contribution in [1.82, 2.24) is 10.6 Å². The van der Waals surface area contributed by atoms with E-state index in [2.05, 4.69) is 15.4 Å². The average Bonchev–Trinajstić information content (AvgIpc) is 3.54. The van der Waals surface area contributed by atoms with Gasteiger partial charge < -0.3 is 34.7 Å². The topological polar surface area (TPSA) is 149 Å². The molecule has 268 valence electrons. The van der Waals surface area contributed by atoms with Gasteiger partial charge in [0, 0.05) is 48.7 Å². The molecule has 0 radical (unpaired) electrons. The van der Waals surface area contributed by atoms with Crippen molar-refractivity contribution in [3.05, 3.63) is 125 Å². The number of ether oxygens (including phenoxy) is 4. The first-order valence-corrected chi connectivity index (χ1v) is 16.0. The zero-order valence-electron chi connectivity index (χ0n) is 27.1. The van der Waals surface area contributed by atoms with Gasteiger partial charge in [-0.05, 0) is 29.8 Å². The lowest BCUT2D eigenvalue weighted by molar-refractivity contribution is -0.182. The fraction of sp³-hybridized carbons (Fsp3) is 0.297. The number of aliphatic hydroxyl groups excluding tert-OH is 1. The van der Waals surface area contributed by atoms with Crippen molar-refractivity contribution >= 4 is 29.8 Å². The minimum atomic E-state index is -4.67. The number of nitrogens with one attached hydrogen (secondary N) is 2. The molecular weight excluding hydrogens is 673 g/mol. The molecule has 0 bridgehead atoms. The van der Waals surface area contributed by atoms with Gasteiger partial charge in [-0.2, -0.15) is 13.2 Å². The lowest BCUT2D eigenvalue weighted by Gasteiger charge is -2.31. The monoisotopic (exact) mass is 708 g/mol. The lowest BCUT2D eigenvalue weighted by atomic mass is 9.91. The summed E-state index contributed by atoms with van der Waals surface area (Å²) >= 11 is 0. The summed E-state index contributed by atoms with van der Waals surface area (Å²) in [5, 5.41) is 14.1. The van der Waals surface area contributed by atoms with Crippen molar-refractivity contribution in [2.45, 2.75) is 43.1 Å². The van der Waals surface area contributed by atoms with Crippen LogP contribution in [0.25, 0.3) is 6.08 Å². The number of hydrogen-bond donors (Lipinski definition) is 3. The molecule has 3 atom stereocenters. The zero-order valence-corrected chi connectivity index (χ0v) is 27.1. The van der Waals surface area contributed by atoms with E-state index in [0.717, 1.165) is 6.08 Å². The van der Waals surface area contributed by atoms with Crippen LogP contribution in [0.1, 0.15) is 39.9 Å². The van der Waals surface area contributed by atoms with Crippen LogP contribution in [0.2, 0.25) is 0 Å². The molecule has 0 unspecified atom stereocenters. The quantitative estimate of drug-likeness (QED) is 0.177. The number of hydrogen-bond acceptors (Lipinski definition) is 9. The van der Waals surface area contributed by atoms with Gasteiger partial charge in [-0.1, -0.05) is 72.8 Å². The van der Waals surface area contributed by atoms with Gasteiger partial charge in [-0.3, -0.25) is 9.59 Å². The maximum Gasteiger partial charge on any atom is 0.422 e. The molecule has 2 aliphatic rings. The summed E-state index contributed by atoms with van der Waals surface area (Å²) in [6.07, 6.45) is -3.91. The molecule has 1 heterocycles. The summed E-state index contributed by atoms with van der Waals surface area (Å²) in [6.45, 7) is -1.86. The second-order valence-electron chi connectivity index (χ2n) is 11.6. The Balaban J connectivity index is 1.39. The number of carbonyl (C=O) groups is 4. The fourth-order valence-electron chi connectivity index (χ4n) is 5.62. The highest BCUT2D eigenvalue weighted by atomic mass is 19.4. The molecule has 3 aromatic rings. The number of rotatable bonds is 13. The third kappa shape index (κ3) is 9.69. The number of alkyl halides is 3. The third-order valence-electron chi connectivity index (χ3n) is 7.92. The van der Waals surface area contributed by atoms with E-state index in [4.69, 9.17) is 19.3 Å². The first kappa shape index (κ1) is 37.0. The molecule has 3 aromatic carbocycles. The van der Waals surface area contributed by atoms with Gasteiger partial charge in [0.15, 0.2) is 6.61 Å². The first-order valence-electron chi connectivity index (χ1n) is 16.0. The summed E-state index contributed by atoms with van der Waals surface area (Å²) in [6, 6.07) is 24.2. The van der Waals surface area contributed by atoms with Crippen LogP contribution in [0.4, 0.5) is 13.2 Å². The zero-order chi connectivity index (χ0) is 36.4. The molecule has 1 aliphatic heterocycles. The summed E-state index contributed by atoms with van der Waals surface area (Å²) in [7, 11) is 0. The van der Waals surface area contributed by atoms with Crippen LogP contribution in [0.15, 0.2) is 103 Å². The fourth-order valence-corrected chi connectivity index (χ4v) is 5.62. The molecule has 0 aromatic heterocycles. The van der Waals surface area contributed by atoms with Gasteiger partial charge in [0.2, 0.25) is 17.6 Å². The predicted octanol–water partition coefficient (Wildman–Crippen LogP) is 3.96. The number of benzene rings is 3. The summed E-state index contributed by atoms with van der Waals surface area (Å²) in [5.41, 5.74) is 1.93. The molecule has 51 heavy (non-hydrogen) atoms. The maximum atomic E-state index is 13.6. The van der Waals surface area contributed by atoms with Gasteiger partial charge in [0.25, 0.3) is 0 Å². The van der Waals surface area contributed by atoms with Crippen molar-refractivity contribution in [3.63, 3.8) is 0 Å². The number of aliphatic hydroxyl groups is 1. The van der Waals surface area contributed by atoms with Crippen molar-refractivity contribution in [3.8, 4) is 0 Å². The van der Waals surface area contributed by atoms with Crippen LogP contribution >= 0.6 is 0 Å². The molecule has 1 saturated heterocycles. The number of amides is 2. The Labute approximate surface area is 291 Å². The molecule has 0 saturated carbocycles. The Morgan fingerprint density at radius 1 is 0.902 bits per heavy atom. The van der Waals surface area contributed by atoms with Crippen molar-refractivity contribution in [2.24, 2.45) is 0 Å². The number of carbonyl (C=O) groups excluding carboxylic acids is 4. The van der Waals surface area contributed by atoms with Gasteiger partial charge in [0.05, 0.1) is 12.2 Å². The van der Waals surface area contributed by atoms with E-state index in [-0.39, 0.29) is 49.6 Å². The third-order valence-corrected chi connectivity index (χ3v) is 7.92. The molecule has 5 rings (SSSR count). The van der Waals surface area contributed by atoms with E-state index in [0.29, 0.717) is 16.7 Å². The molecule has 1 aliphatic carbocycles. The highest BCUT2D eigenvalue weighted by Gasteiger charge is 2.55. The van der Waals surface area contributed by atoms with E-state index in [9.17, 15) is 32.3 Å². The number of fused-ring (bicyclic) bond motifs is 1. The maximum absolute atomic E-state index is 13.6. The average molecular weight is 709 g/mol. The Morgan fingerprint density at radius 2 is 1.59 bits per heavy atom. The predicted molar refractivity (Wildman–Crippen MR) is 176 cm³/mol. The number of esters is 2. The molecule has 0 spiro atoms. The van der Waals surface area contributed by atoms with Crippen LogP contribution in [0.5, 0.6) is 0 Å². The van der Waals surface area contributed by atoms with Crippen molar-refractivity contribution in [2.75, 3.05) is 26.3 Å². The Bertz CT molecular complexity index is 1720. The lowest BCUT2D eigenvalue weighted by Crippen LogP contribution is -2.44. The molecule has 3 N–H and O–H groups in total. The summed E-state index contributed by atoms with van der Waals surface area (Å²) < 4.78 is 60.6. The second-order valence-corrected chi connectivity index (χ2v) is 11.6. The smallest absolute Gasteiger partial charge is 0.422 e. The van der Waals surface area contributed by atoms with Crippen molar-refractivity contribution in [1.29, 1.82) is 0 Å². The SMILES string of the molecule is O=C(CCNC(=O)C1=C[C@H]2OC(c3ccccc3)(c3ccccc3)O[C@H]2[C@H](OC(=O)c2cccc(C=CC(=O)OCC(F)(F)F)c2)C1)NCCO. The van der Waals surface area contributed by atoms with E-state index < -0.39 is 54.7 Å². The number of halogens is 3. The molecular formula is C37H35F3N2O9.